The van der Waals surface area contributed by atoms with Crippen LogP contribution in [-0.2, 0) is 20.9 Å². The number of phenols is 1. The van der Waals surface area contributed by atoms with Gasteiger partial charge in [0.25, 0.3) is 0 Å². The van der Waals surface area contributed by atoms with Gasteiger partial charge in [0, 0.05) is 55.4 Å². The summed E-state index contributed by atoms with van der Waals surface area (Å²) in [5.74, 6) is 0.0845. The second-order valence-corrected chi connectivity index (χ2v) is 19.0. The van der Waals surface area contributed by atoms with Gasteiger partial charge in [0.1, 0.15) is 17.8 Å². The molecule has 6 N–H and O–H groups in total. The summed E-state index contributed by atoms with van der Waals surface area (Å²) in [4.78, 5) is 50.5. The number of aryl methyl sites for hydroxylation is 2. The molecule has 0 aliphatic carbocycles. The Labute approximate surface area is 373 Å². The number of carbonyl (C=O) groups is 3. The van der Waals surface area contributed by atoms with Gasteiger partial charge in [0.15, 0.2) is 5.82 Å². The number of nitrogens with two attached hydrogens (primary N) is 1. The van der Waals surface area contributed by atoms with E-state index >= 15 is 0 Å². The number of nitrogens with one attached hydrogen (secondary N) is 2. The number of phenolic OH excluding ortho intramolecular Hbond substituents is 1. The minimum atomic E-state index is -0.873. The number of para-hydroxylation sites is 1. The van der Waals surface area contributed by atoms with Gasteiger partial charge in [-0.15, -0.1) is 21.5 Å². The molecule has 0 spiro atoms. The fourth-order valence-electron chi connectivity index (χ4n) is 8.63. The first kappa shape index (κ1) is 45.3. The number of carbonyl (C=O) groups excluding carboxylic acids is 3. The van der Waals surface area contributed by atoms with Crippen LogP contribution >= 0.6 is 11.3 Å². The molecule has 0 saturated carbocycles. The van der Waals surface area contributed by atoms with Crippen LogP contribution in [-0.4, -0.2) is 107 Å². The Bertz CT molecular complexity index is 2370. The minimum Gasteiger partial charge on any atom is -0.507 e. The summed E-state index contributed by atoms with van der Waals surface area (Å²) >= 11 is 1.58. The van der Waals surface area contributed by atoms with Gasteiger partial charge in [0.05, 0.1) is 40.1 Å². The van der Waals surface area contributed by atoms with E-state index in [1.165, 1.54) is 4.90 Å². The Balaban J connectivity index is 0.851. The number of likely N-dealkylation sites (tertiary alicyclic amines) is 2. The van der Waals surface area contributed by atoms with Crippen molar-refractivity contribution in [2.24, 2.45) is 11.3 Å². The summed E-state index contributed by atoms with van der Waals surface area (Å²) in [7, 11) is 0. The van der Waals surface area contributed by atoms with Crippen LogP contribution in [0.2, 0.25) is 0 Å². The molecule has 3 aromatic heterocycles. The lowest BCUT2D eigenvalue weighted by Crippen LogP contribution is -2.58. The van der Waals surface area contributed by atoms with E-state index in [0.29, 0.717) is 35.1 Å². The molecule has 0 unspecified atom stereocenters. The van der Waals surface area contributed by atoms with Crippen molar-refractivity contribution < 1.29 is 24.6 Å². The quantitative estimate of drug-likeness (QED) is 0.0828. The molecule has 5 heterocycles. The molecule has 2 saturated heterocycles. The van der Waals surface area contributed by atoms with Gasteiger partial charge in [-0.3, -0.25) is 19.1 Å². The van der Waals surface area contributed by atoms with Crippen molar-refractivity contribution in [3.63, 3.8) is 0 Å². The van der Waals surface area contributed by atoms with Gasteiger partial charge in [-0.2, -0.15) is 5.10 Å². The number of hydrogen-bond donors (Lipinski definition) is 5. The van der Waals surface area contributed by atoms with E-state index in [-0.39, 0.29) is 48.9 Å². The molecule has 334 valence electrons. The van der Waals surface area contributed by atoms with Gasteiger partial charge >= 0.3 is 0 Å². The zero-order chi connectivity index (χ0) is 44.8. The van der Waals surface area contributed by atoms with E-state index in [9.17, 15) is 24.6 Å². The fraction of sp³-hybridized carbons (Fsp3) is 0.468. The number of aliphatic hydroxyl groups excluding tert-OH is 1. The number of aliphatic hydroxyl groups is 1. The monoisotopic (exact) mass is 876 g/mol. The zero-order valence-electron chi connectivity index (χ0n) is 36.8. The van der Waals surface area contributed by atoms with Crippen molar-refractivity contribution in [2.45, 2.75) is 104 Å². The molecule has 7 rings (SSSR count). The average molecular weight is 877 g/mol. The maximum atomic E-state index is 14.2. The summed E-state index contributed by atoms with van der Waals surface area (Å²) in [6, 6.07) is 14.8. The normalized spacial score (nSPS) is 18.3. The van der Waals surface area contributed by atoms with E-state index in [1.54, 1.807) is 35.7 Å². The van der Waals surface area contributed by atoms with E-state index in [1.807, 2.05) is 87.4 Å². The van der Waals surface area contributed by atoms with Gasteiger partial charge in [-0.1, -0.05) is 57.2 Å². The van der Waals surface area contributed by atoms with Crippen molar-refractivity contribution >= 4 is 34.9 Å². The van der Waals surface area contributed by atoms with Gasteiger partial charge in [0.2, 0.25) is 17.7 Å². The number of anilines is 1. The highest BCUT2D eigenvalue weighted by atomic mass is 32.1. The van der Waals surface area contributed by atoms with Gasteiger partial charge < -0.3 is 36.4 Å². The highest BCUT2D eigenvalue weighted by Crippen LogP contribution is 2.33. The van der Waals surface area contributed by atoms with Crippen molar-refractivity contribution in [3.8, 4) is 38.6 Å². The molecule has 2 aromatic carbocycles. The number of β-amino-alcohol motifs (C(OH)–C–C–N with tert-alkyl or cyclic N) is 1. The lowest BCUT2D eigenvalue weighted by atomic mass is 9.85. The van der Waals surface area contributed by atoms with Gasteiger partial charge in [-0.05, 0) is 93.3 Å². The summed E-state index contributed by atoms with van der Waals surface area (Å²) in [5, 5.41) is 39.9. The van der Waals surface area contributed by atoms with E-state index in [0.717, 1.165) is 72.6 Å². The SMILES string of the molecule is Cc1ncsc1-c1ccc([C@H](C)NC(=O)[C@@H]2C[C@@H](O)CN2C(=O)[C@@H](NC(=O)CCN2CCC(CCCn3cc(-c4cc(-c5ccccc5O)nnc4N)cn3)CC2)C(C)(C)C)cc1. The first-order valence-electron chi connectivity index (χ1n) is 21.9. The van der Waals surface area contributed by atoms with Crippen LogP contribution in [0.4, 0.5) is 5.82 Å². The molecule has 0 radical (unpaired) electrons. The molecular weight excluding hydrogens is 817 g/mol. The van der Waals surface area contributed by atoms with Crippen molar-refractivity contribution in [2.75, 3.05) is 31.9 Å². The van der Waals surface area contributed by atoms with E-state index in [2.05, 4.69) is 35.8 Å². The number of amides is 3. The highest BCUT2D eigenvalue weighted by molar-refractivity contribution is 7.13. The van der Waals surface area contributed by atoms with Crippen LogP contribution in [0.25, 0.3) is 32.8 Å². The summed E-state index contributed by atoms with van der Waals surface area (Å²) in [5.41, 5.74) is 13.0. The third-order valence-electron chi connectivity index (χ3n) is 12.4. The van der Waals surface area contributed by atoms with E-state index < -0.39 is 23.6 Å². The molecule has 4 atom stereocenters. The number of rotatable bonds is 15. The summed E-state index contributed by atoms with van der Waals surface area (Å²) in [6.07, 6.45) is 7.40. The van der Waals surface area contributed by atoms with Crippen LogP contribution in [0.3, 0.4) is 0 Å². The second-order valence-electron chi connectivity index (χ2n) is 18.1. The lowest BCUT2D eigenvalue weighted by molar-refractivity contribution is -0.144. The Hall–Kier alpha value is -5.71. The Morgan fingerprint density at radius 1 is 0.984 bits per heavy atom. The predicted molar refractivity (Wildman–Crippen MR) is 244 cm³/mol. The molecule has 63 heavy (non-hydrogen) atoms. The van der Waals surface area contributed by atoms with Crippen LogP contribution in [0.5, 0.6) is 5.75 Å². The molecule has 5 aromatic rings. The third-order valence-corrected chi connectivity index (χ3v) is 13.3. The molecule has 16 heteroatoms. The first-order valence-corrected chi connectivity index (χ1v) is 22.8. The summed E-state index contributed by atoms with van der Waals surface area (Å²) in [6.45, 7) is 12.8. The number of piperidine rings is 1. The lowest BCUT2D eigenvalue weighted by Gasteiger charge is -2.36. The number of nitrogen functional groups attached to an aromatic ring is 1. The van der Waals surface area contributed by atoms with Crippen LogP contribution < -0.4 is 16.4 Å². The maximum absolute atomic E-state index is 14.2. The Kier molecular flexibility index (Phi) is 14.2. The molecule has 2 aliphatic heterocycles. The number of hydrogen-bond acceptors (Lipinski definition) is 12. The number of aromatic hydroxyl groups is 1. The third kappa shape index (κ3) is 11.1. The Morgan fingerprint density at radius 2 is 1.73 bits per heavy atom. The zero-order valence-corrected chi connectivity index (χ0v) is 37.6. The van der Waals surface area contributed by atoms with Gasteiger partial charge in [-0.25, -0.2) is 4.98 Å². The summed E-state index contributed by atoms with van der Waals surface area (Å²) < 4.78 is 1.92. The fourth-order valence-corrected chi connectivity index (χ4v) is 9.44. The molecule has 2 aliphatic rings. The van der Waals surface area contributed by atoms with E-state index in [4.69, 9.17) is 5.73 Å². The molecule has 0 bridgehead atoms. The van der Waals surface area contributed by atoms with Crippen LogP contribution in [0.1, 0.15) is 83.5 Å². The number of thiazole rings is 1. The Morgan fingerprint density at radius 3 is 2.43 bits per heavy atom. The largest absolute Gasteiger partial charge is 0.507 e. The number of aromatic nitrogens is 5. The van der Waals surface area contributed by atoms with Crippen molar-refractivity contribution in [1.29, 1.82) is 0 Å². The number of nitrogens with zero attached hydrogens (tertiary/aromatic N) is 7. The highest BCUT2D eigenvalue weighted by Gasteiger charge is 2.44. The molecular formula is C47H60N10O5S. The molecule has 15 nitrogen and oxygen atoms in total. The maximum Gasteiger partial charge on any atom is 0.246 e. The standard InChI is InChI=1S/C47H60N10O5S/c1-29(32-12-14-33(15-13-32)42-30(2)49-28-63-42)51-45(61)39-23-35(58)27-57(39)46(62)43(47(3,4)5)52-41(60)18-22-55-20-16-31(17-21-55)9-8-19-56-26-34(25-50-56)37-24-38(53-54-44(37)48)36-10-6-7-11-40(36)59/h6-7,10-15,24-26,28-29,31,35,39,43,58-59H,8-9,16-23,27H2,1-5H3,(H2,48,54)(H,51,61)(H,52,60)/t29-,35+,39-,43+/m0/s1. The second kappa shape index (κ2) is 19.8. The molecule has 2 fully saturated rings. The smallest absolute Gasteiger partial charge is 0.246 e. The van der Waals surface area contributed by atoms with Crippen LogP contribution in [0.15, 0.2) is 72.5 Å². The number of benzene rings is 2. The van der Waals surface area contributed by atoms with Crippen molar-refractivity contribution in [3.05, 3.63) is 83.8 Å². The minimum absolute atomic E-state index is 0.0235. The van der Waals surface area contributed by atoms with Crippen LogP contribution in [0, 0.1) is 18.3 Å². The molecule has 3 amide bonds. The average Bonchev–Trinajstić information content (AvgIpc) is 4.02. The van der Waals surface area contributed by atoms with Crippen molar-refractivity contribution in [1.82, 2.24) is 45.4 Å². The first-order chi connectivity index (χ1) is 30.1. The topological polar surface area (TPSA) is 205 Å². The predicted octanol–water partition coefficient (Wildman–Crippen LogP) is 5.98.